The summed E-state index contributed by atoms with van der Waals surface area (Å²) in [4.78, 5) is 10.8. The number of halogens is 1. The van der Waals surface area contributed by atoms with Crippen molar-refractivity contribution < 1.29 is 18.3 Å². The predicted octanol–water partition coefficient (Wildman–Crippen LogP) is 1.52. The molecule has 0 heterocycles. The third kappa shape index (κ3) is 3.52. The summed E-state index contributed by atoms with van der Waals surface area (Å²) in [7, 11) is -3.47. The maximum absolute atomic E-state index is 10.9. The van der Waals surface area contributed by atoms with Crippen molar-refractivity contribution >= 4 is 37.6 Å². The number of benzene rings is 1. The minimum Gasteiger partial charge on any atom is -0.478 e. The fraction of sp³-hybridized carbons (Fsp3) is 0.125. The minimum atomic E-state index is -3.47. The zero-order valence-corrected chi connectivity index (χ0v) is 10.1. The Kier molecular flexibility index (Phi) is 3.35. The van der Waals surface area contributed by atoms with Crippen molar-refractivity contribution in [1.82, 2.24) is 0 Å². The van der Waals surface area contributed by atoms with Crippen LogP contribution in [0.25, 0.3) is 0 Å². The fourth-order valence-corrected chi connectivity index (χ4v) is 1.92. The highest BCUT2D eigenvalue weighted by Crippen LogP contribution is 2.21. The van der Waals surface area contributed by atoms with Crippen LogP contribution in [0.3, 0.4) is 0 Å². The lowest BCUT2D eigenvalue weighted by molar-refractivity contribution is 0.0698. The molecule has 0 atom stereocenters. The van der Waals surface area contributed by atoms with Gasteiger partial charge in [-0.25, -0.2) is 13.2 Å². The summed E-state index contributed by atoms with van der Waals surface area (Å²) >= 11 is 3.10. The number of hydrogen-bond donors (Lipinski definition) is 2. The van der Waals surface area contributed by atoms with Gasteiger partial charge in [-0.1, -0.05) is 15.9 Å². The molecule has 0 aromatic heterocycles. The van der Waals surface area contributed by atoms with Gasteiger partial charge < -0.3 is 5.11 Å². The molecule has 0 saturated heterocycles. The number of sulfonamides is 1. The average molecular weight is 294 g/mol. The molecule has 0 bridgehead atoms. The number of hydrogen-bond acceptors (Lipinski definition) is 3. The van der Waals surface area contributed by atoms with Crippen LogP contribution in [0.5, 0.6) is 0 Å². The largest absolute Gasteiger partial charge is 0.478 e. The van der Waals surface area contributed by atoms with E-state index in [1.165, 1.54) is 12.1 Å². The SMILES string of the molecule is CS(=O)(=O)Nc1ccc(Br)cc1C(=O)O. The number of rotatable bonds is 3. The number of carbonyl (C=O) groups is 1. The smallest absolute Gasteiger partial charge is 0.337 e. The van der Waals surface area contributed by atoms with E-state index in [0.29, 0.717) is 4.47 Å². The monoisotopic (exact) mass is 293 g/mol. The average Bonchev–Trinajstić information content (AvgIpc) is 2.05. The van der Waals surface area contributed by atoms with Gasteiger partial charge in [-0.05, 0) is 18.2 Å². The number of aromatic carboxylic acids is 1. The maximum Gasteiger partial charge on any atom is 0.337 e. The van der Waals surface area contributed by atoms with E-state index in [1.54, 1.807) is 6.07 Å². The van der Waals surface area contributed by atoms with E-state index < -0.39 is 16.0 Å². The van der Waals surface area contributed by atoms with Crippen LogP contribution in [0, 0.1) is 0 Å². The summed E-state index contributed by atoms with van der Waals surface area (Å²) in [5.41, 5.74) is -0.0528. The van der Waals surface area contributed by atoms with E-state index in [1.807, 2.05) is 0 Å². The van der Waals surface area contributed by atoms with Crippen LogP contribution >= 0.6 is 15.9 Å². The molecule has 0 amide bonds. The summed E-state index contributed by atoms with van der Waals surface area (Å²) in [6, 6.07) is 4.27. The van der Waals surface area contributed by atoms with Gasteiger partial charge >= 0.3 is 5.97 Å². The molecule has 0 spiro atoms. The molecule has 1 aromatic carbocycles. The first-order chi connectivity index (χ1) is 6.79. The lowest BCUT2D eigenvalue weighted by Gasteiger charge is -2.07. The Morgan fingerprint density at radius 3 is 2.53 bits per heavy atom. The van der Waals surface area contributed by atoms with Crippen LogP contribution in [0.4, 0.5) is 5.69 Å². The second-order valence-electron chi connectivity index (χ2n) is 2.87. The highest BCUT2D eigenvalue weighted by molar-refractivity contribution is 9.10. The van der Waals surface area contributed by atoms with Crippen LogP contribution in [0.15, 0.2) is 22.7 Å². The number of nitrogens with one attached hydrogen (secondary N) is 1. The summed E-state index contributed by atoms with van der Waals surface area (Å²) < 4.78 is 24.6. The van der Waals surface area contributed by atoms with Crippen molar-refractivity contribution in [3.63, 3.8) is 0 Å². The van der Waals surface area contributed by atoms with Crippen molar-refractivity contribution in [2.75, 3.05) is 11.0 Å². The van der Waals surface area contributed by atoms with Crippen molar-refractivity contribution in [2.45, 2.75) is 0 Å². The molecule has 0 aliphatic rings. The van der Waals surface area contributed by atoms with Crippen LogP contribution in [-0.2, 0) is 10.0 Å². The molecule has 0 fully saturated rings. The fourth-order valence-electron chi connectivity index (χ4n) is 0.982. The molecule has 1 rings (SSSR count). The molecule has 2 N–H and O–H groups in total. The standard InChI is InChI=1S/C8H8BrNO4S/c1-15(13,14)10-7-3-2-5(9)4-6(7)8(11)12/h2-4,10H,1H3,(H,11,12). The van der Waals surface area contributed by atoms with Crippen LogP contribution in [0.1, 0.15) is 10.4 Å². The van der Waals surface area contributed by atoms with Crippen molar-refractivity contribution in [2.24, 2.45) is 0 Å². The Labute approximate surface area is 95.3 Å². The molecule has 15 heavy (non-hydrogen) atoms. The molecular formula is C8H8BrNO4S. The van der Waals surface area contributed by atoms with Gasteiger partial charge in [0.05, 0.1) is 17.5 Å². The molecule has 0 radical (unpaired) electrons. The molecule has 0 aliphatic heterocycles. The first kappa shape index (κ1) is 12.0. The second-order valence-corrected chi connectivity index (χ2v) is 5.53. The van der Waals surface area contributed by atoms with E-state index in [2.05, 4.69) is 20.7 Å². The van der Waals surface area contributed by atoms with Gasteiger partial charge in [-0.3, -0.25) is 4.72 Å². The molecule has 0 aliphatic carbocycles. The van der Waals surface area contributed by atoms with Crippen LogP contribution in [-0.4, -0.2) is 25.7 Å². The third-order valence-electron chi connectivity index (χ3n) is 1.51. The van der Waals surface area contributed by atoms with Crippen LogP contribution < -0.4 is 4.72 Å². The van der Waals surface area contributed by atoms with E-state index >= 15 is 0 Å². The summed E-state index contributed by atoms with van der Waals surface area (Å²) in [6.07, 6.45) is 0.959. The zero-order chi connectivity index (χ0) is 11.6. The summed E-state index contributed by atoms with van der Waals surface area (Å²) in [5.74, 6) is -1.19. The molecule has 7 heteroatoms. The molecule has 82 valence electrons. The van der Waals surface area contributed by atoms with E-state index in [0.717, 1.165) is 6.26 Å². The Hall–Kier alpha value is -1.08. The van der Waals surface area contributed by atoms with E-state index in [-0.39, 0.29) is 11.3 Å². The topological polar surface area (TPSA) is 83.5 Å². The molecule has 0 saturated carbocycles. The van der Waals surface area contributed by atoms with Gasteiger partial charge in [0.15, 0.2) is 0 Å². The number of carboxylic acid groups (broad SMARTS) is 1. The lowest BCUT2D eigenvalue weighted by atomic mass is 10.2. The first-order valence-corrected chi connectivity index (χ1v) is 6.48. The highest BCUT2D eigenvalue weighted by Gasteiger charge is 2.13. The molecular weight excluding hydrogens is 286 g/mol. The molecule has 0 unspecified atom stereocenters. The first-order valence-electron chi connectivity index (χ1n) is 3.80. The zero-order valence-electron chi connectivity index (χ0n) is 7.69. The van der Waals surface area contributed by atoms with Crippen LogP contribution in [0.2, 0.25) is 0 Å². The minimum absolute atomic E-state index is 0.0493. The quantitative estimate of drug-likeness (QED) is 0.885. The van der Waals surface area contributed by atoms with Crippen molar-refractivity contribution in [3.05, 3.63) is 28.2 Å². The summed E-state index contributed by atoms with van der Waals surface area (Å²) in [6.45, 7) is 0. The van der Waals surface area contributed by atoms with Gasteiger partial charge in [0.1, 0.15) is 0 Å². The van der Waals surface area contributed by atoms with E-state index in [9.17, 15) is 13.2 Å². The normalized spacial score (nSPS) is 11.1. The Balaban J connectivity index is 3.24. The van der Waals surface area contributed by atoms with Gasteiger partial charge in [-0.15, -0.1) is 0 Å². The number of anilines is 1. The van der Waals surface area contributed by atoms with Gasteiger partial charge in [0.25, 0.3) is 0 Å². The van der Waals surface area contributed by atoms with Crippen molar-refractivity contribution in [1.29, 1.82) is 0 Å². The van der Waals surface area contributed by atoms with Gasteiger partial charge in [0.2, 0.25) is 10.0 Å². The summed E-state index contributed by atoms with van der Waals surface area (Å²) in [5, 5.41) is 8.83. The third-order valence-corrected chi connectivity index (χ3v) is 2.59. The number of carboxylic acids is 1. The maximum atomic E-state index is 10.9. The molecule has 5 nitrogen and oxygen atoms in total. The van der Waals surface area contributed by atoms with Crippen molar-refractivity contribution in [3.8, 4) is 0 Å². The van der Waals surface area contributed by atoms with E-state index in [4.69, 9.17) is 5.11 Å². The lowest BCUT2D eigenvalue weighted by Crippen LogP contribution is -2.13. The predicted molar refractivity (Wildman–Crippen MR) is 59.6 cm³/mol. The Morgan fingerprint density at radius 2 is 2.07 bits per heavy atom. The molecule has 1 aromatic rings. The van der Waals surface area contributed by atoms with Gasteiger partial charge in [0, 0.05) is 4.47 Å². The Morgan fingerprint density at radius 1 is 1.47 bits per heavy atom. The highest BCUT2D eigenvalue weighted by atomic mass is 79.9. The Bertz CT molecular complexity index is 497. The van der Waals surface area contributed by atoms with Gasteiger partial charge in [-0.2, -0.15) is 0 Å². The second kappa shape index (κ2) is 4.19.